The van der Waals surface area contributed by atoms with Gasteiger partial charge in [-0.15, -0.1) is 10.2 Å². The van der Waals surface area contributed by atoms with Crippen LogP contribution in [0.3, 0.4) is 0 Å². The van der Waals surface area contributed by atoms with Crippen molar-refractivity contribution in [2.45, 2.75) is 44.6 Å². The van der Waals surface area contributed by atoms with E-state index in [2.05, 4.69) is 39.8 Å². The third-order valence-electron chi connectivity index (χ3n) is 3.56. The van der Waals surface area contributed by atoms with Gasteiger partial charge in [0.15, 0.2) is 0 Å². The maximum Gasteiger partial charge on any atom is 0.216 e. The molecule has 1 aliphatic rings. The predicted molar refractivity (Wildman–Crippen MR) is 77.5 cm³/mol. The smallest absolute Gasteiger partial charge is 0.216 e. The van der Waals surface area contributed by atoms with Crippen molar-refractivity contribution >= 4 is 0 Å². The highest BCUT2D eigenvalue weighted by atomic mass is 16.4. The Morgan fingerprint density at radius 1 is 1.00 bits per heavy atom. The van der Waals surface area contributed by atoms with E-state index in [4.69, 9.17) is 4.42 Å². The van der Waals surface area contributed by atoms with E-state index in [1.165, 1.54) is 18.4 Å². The Labute approximate surface area is 119 Å². The van der Waals surface area contributed by atoms with Crippen LogP contribution in [0.5, 0.6) is 0 Å². The highest BCUT2D eigenvalue weighted by Crippen LogP contribution is 2.18. The Balaban J connectivity index is 1.39. The van der Waals surface area contributed by atoms with E-state index in [1.54, 1.807) is 0 Å². The first-order chi connectivity index (χ1) is 9.90. The normalized spacial score (nSPS) is 14.6. The summed E-state index contributed by atoms with van der Waals surface area (Å²) in [6, 6.07) is 11.2. The van der Waals surface area contributed by atoms with Crippen LogP contribution in [0.15, 0.2) is 34.7 Å². The van der Waals surface area contributed by atoms with Crippen LogP contribution in [0, 0.1) is 0 Å². The Bertz CT molecular complexity index is 520. The first-order valence-corrected chi connectivity index (χ1v) is 7.49. The average Bonchev–Trinajstić information content (AvgIpc) is 3.21. The van der Waals surface area contributed by atoms with Crippen LogP contribution in [-0.4, -0.2) is 22.8 Å². The molecule has 4 nitrogen and oxygen atoms in total. The predicted octanol–water partition coefficient (Wildman–Crippen LogP) is 2.54. The third kappa shape index (κ3) is 4.17. The summed E-state index contributed by atoms with van der Waals surface area (Å²) in [7, 11) is 0. The van der Waals surface area contributed by atoms with Gasteiger partial charge < -0.3 is 9.73 Å². The average molecular weight is 271 g/mol. The second kappa shape index (κ2) is 6.66. The number of rotatable bonds is 8. The molecule has 0 spiro atoms. The summed E-state index contributed by atoms with van der Waals surface area (Å²) in [6.45, 7) is 1.05. The molecule has 0 aliphatic heterocycles. The second-order valence-electron chi connectivity index (χ2n) is 5.41. The van der Waals surface area contributed by atoms with E-state index in [0.29, 0.717) is 0 Å². The molecule has 0 unspecified atom stereocenters. The third-order valence-corrected chi connectivity index (χ3v) is 3.56. The number of aryl methyl sites for hydroxylation is 3. The van der Waals surface area contributed by atoms with E-state index in [9.17, 15) is 0 Å². The lowest BCUT2D eigenvalue weighted by Crippen LogP contribution is -2.17. The van der Waals surface area contributed by atoms with Crippen molar-refractivity contribution in [2.24, 2.45) is 0 Å². The molecule has 1 fully saturated rings. The van der Waals surface area contributed by atoms with Gasteiger partial charge in [-0.3, -0.25) is 0 Å². The molecule has 106 valence electrons. The highest BCUT2D eigenvalue weighted by molar-refractivity contribution is 5.15. The minimum Gasteiger partial charge on any atom is -0.425 e. The van der Waals surface area contributed by atoms with E-state index in [1.807, 2.05) is 6.07 Å². The zero-order valence-electron chi connectivity index (χ0n) is 11.7. The summed E-state index contributed by atoms with van der Waals surface area (Å²) in [5, 5.41) is 11.7. The summed E-state index contributed by atoms with van der Waals surface area (Å²) >= 11 is 0. The monoisotopic (exact) mass is 271 g/mol. The molecular weight excluding hydrogens is 250 g/mol. The SMILES string of the molecule is c1ccc(CCc2nnc(CCCNC3CC3)o2)cc1. The van der Waals surface area contributed by atoms with E-state index in [0.717, 1.165) is 50.1 Å². The fourth-order valence-electron chi connectivity index (χ4n) is 2.22. The van der Waals surface area contributed by atoms with E-state index < -0.39 is 0 Å². The molecule has 1 aliphatic carbocycles. The molecule has 2 aromatic rings. The van der Waals surface area contributed by atoms with Crippen LogP contribution in [0.25, 0.3) is 0 Å². The van der Waals surface area contributed by atoms with Crippen molar-refractivity contribution in [1.29, 1.82) is 0 Å². The largest absolute Gasteiger partial charge is 0.425 e. The molecule has 1 heterocycles. The van der Waals surface area contributed by atoms with Gasteiger partial charge in [-0.1, -0.05) is 30.3 Å². The molecule has 0 atom stereocenters. The maximum absolute atomic E-state index is 5.68. The van der Waals surface area contributed by atoms with Gasteiger partial charge in [0.25, 0.3) is 0 Å². The fourth-order valence-corrected chi connectivity index (χ4v) is 2.22. The van der Waals surface area contributed by atoms with Crippen LogP contribution in [-0.2, 0) is 19.3 Å². The number of benzene rings is 1. The summed E-state index contributed by atoms with van der Waals surface area (Å²) in [5.41, 5.74) is 1.31. The Kier molecular flexibility index (Phi) is 4.43. The zero-order chi connectivity index (χ0) is 13.6. The fraction of sp³-hybridized carbons (Fsp3) is 0.500. The van der Waals surface area contributed by atoms with Crippen LogP contribution in [0.4, 0.5) is 0 Å². The molecule has 0 bridgehead atoms. The zero-order valence-corrected chi connectivity index (χ0v) is 11.7. The molecule has 1 aromatic heterocycles. The molecule has 0 amide bonds. The Morgan fingerprint density at radius 3 is 2.50 bits per heavy atom. The topological polar surface area (TPSA) is 51.0 Å². The minimum atomic E-state index is 0.749. The molecule has 3 rings (SSSR count). The number of aromatic nitrogens is 2. The number of nitrogens with zero attached hydrogens (tertiary/aromatic N) is 2. The Morgan fingerprint density at radius 2 is 1.75 bits per heavy atom. The number of hydrogen-bond donors (Lipinski definition) is 1. The second-order valence-corrected chi connectivity index (χ2v) is 5.41. The van der Waals surface area contributed by atoms with Gasteiger partial charge >= 0.3 is 0 Å². The molecule has 0 saturated heterocycles. The van der Waals surface area contributed by atoms with Crippen LogP contribution in [0.1, 0.15) is 36.6 Å². The van der Waals surface area contributed by atoms with E-state index >= 15 is 0 Å². The van der Waals surface area contributed by atoms with Gasteiger partial charge in [-0.2, -0.15) is 0 Å². The maximum atomic E-state index is 5.68. The minimum absolute atomic E-state index is 0.749. The van der Waals surface area contributed by atoms with Crippen molar-refractivity contribution in [3.8, 4) is 0 Å². The number of hydrogen-bond acceptors (Lipinski definition) is 4. The molecule has 4 heteroatoms. The quantitative estimate of drug-likeness (QED) is 0.750. The first kappa shape index (κ1) is 13.3. The molecular formula is C16H21N3O. The molecule has 1 aromatic carbocycles. The summed E-state index contributed by atoms with van der Waals surface area (Å²) in [4.78, 5) is 0. The van der Waals surface area contributed by atoms with Gasteiger partial charge in [0.05, 0.1) is 0 Å². The van der Waals surface area contributed by atoms with Crippen molar-refractivity contribution in [1.82, 2.24) is 15.5 Å². The van der Waals surface area contributed by atoms with Crippen LogP contribution in [0.2, 0.25) is 0 Å². The lowest BCUT2D eigenvalue weighted by Gasteiger charge is -1.99. The van der Waals surface area contributed by atoms with Crippen LogP contribution >= 0.6 is 0 Å². The first-order valence-electron chi connectivity index (χ1n) is 7.49. The standard InChI is InChI=1S/C16H21N3O/c1-2-5-13(6-3-1)8-11-16-19-18-15(20-16)7-4-12-17-14-9-10-14/h1-3,5-6,14,17H,4,7-12H2. The molecule has 20 heavy (non-hydrogen) atoms. The van der Waals surface area contributed by atoms with Gasteiger partial charge in [-0.25, -0.2) is 0 Å². The lowest BCUT2D eigenvalue weighted by molar-refractivity contribution is 0.441. The molecule has 0 radical (unpaired) electrons. The van der Waals surface area contributed by atoms with Crippen molar-refractivity contribution in [3.05, 3.63) is 47.7 Å². The van der Waals surface area contributed by atoms with Gasteiger partial charge in [0.1, 0.15) is 0 Å². The van der Waals surface area contributed by atoms with Gasteiger partial charge in [0, 0.05) is 18.9 Å². The highest BCUT2D eigenvalue weighted by Gasteiger charge is 2.19. The number of nitrogens with one attached hydrogen (secondary N) is 1. The van der Waals surface area contributed by atoms with Gasteiger partial charge in [0.2, 0.25) is 11.8 Å². The van der Waals surface area contributed by atoms with Gasteiger partial charge in [-0.05, 0) is 37.8 Å². The van der Waals surface area contributed by atoms with Crippen LogP contribution < -0.4 is 5.32 Å². The summed E-state index contributed by atoms with van der Waals surface area (Å²) in [5.74, 6) is 1.52. The van der Waals surface area contributed by atoms with Crippen molar-refractivity contribution < 1.29 is 4.42 Å². The summed E-state index contributed by atoms with van der Waals surface area (Å²) < 4.78 is 5.68. The van der Waals surface area contributed by atoms with Crippen molar-refractivity contribution in [2.75, 3.05) is 6.54 Å². The summed E-state index contributed by atoms with van der Waals surface area (Å²) in [6.07, 6.45) is 6.38. The van der Waals surface area contributed by atoms with E-state index in [-0.39, 0.29) is 0 Å². The van der Waals surface area contributed by atoms with Crippen molar-refractivity contribution in [3.63, 3.8) is 0 Å². The molecule has 1 saturated carbocycles. The lowest BCUT2D eigenvalue weighted by atomic mass is 10.1. The Hall–Kier alpha value is -1.68. The molecule has 1 N–H and O–H groups in total.